The molecule has 1 aromatic rings. The lowest BCUT2D eigenvalue weighted by molar-refractivity contribution is -0.137. The minimum absolute atomic E-state index is 0.00166. The number of halogens is 2. The molecule has 0 aliphatic carbocycles. The lowest BCUT2D eigenvalue weighted by Gasteiger charge is -2.19. The molecule has 1 rings (SSSR count). The number of alkyl halides is 2. The van der Waals surface area contributed by atoms with Gasteiger partial charge in [0.25, 0.3) is 6.43 Å². The second kappa shape index (κ2) is 7.06. The van der Waals surface area contributed by atoms with Crippen molar-refractivity contribution in [2.24, 2.45) is 0 Å². The molecule has 18 heavy (non-hydrogen) atoms. The number of hydrogen-bond acceptors (Lipinski definition) is 2. The van der Waals surface area contributed by atoms with Crippen LogP contribution in [0.4, 0.5) is 8.78 Å². The summed E-state index contributed by atoms with van der Waals surface area (Å²) in [5.74, 6) is -0.852. The van der Waals surface area contributed by atoms with E-state index < -0.39 is 12.4 Å². The van der Waals surface area contributed by atoms with E-state index in [0.29, 0.717) is 19.6 Å². The van der Waals surface area contributed by atoms with E-state index in [4.69, 9.17) is 5.11 Å². The fourth-order valence-electron chi connectivity index (χ4n) is 1.69. The van der Waals surface area contributed by atoms with Crippen LogP contribution >= 0.6 is 0 Å². The molecule has 0 aromatic heterocycles. The van der Waals surface area contributed by atoms with Gasteiger partial charge >= 0.3 is 5.97 Å². The van der Waals surface area contributed by atoms with Crippen molar-refractivity contribution >= 4 is 5.97 Å². The number of benzene rings is 1. The van der Waals surface area contributed by atoms with E-state index in [9.17, 15) is 13.6 Å². The van der Waals surface area contributed by atoms with Gasteiger partial charge < -0.3 is 5.11 Å². The Morgan fingerprint density at radius 1 is 1.44 bits per heavy atom. The van der Waals surface area contributed by atoms with Gasteiger partial charge in [0.1, 0.15) is 0 Å². The van der Waals surface area contributed by atoms with Crippen molar-refractivity contribution in [3.05, 3.63) is 35.4 Å². The molecule has 0 atom stereocenters. The van der Waals surface area contributed by atoms with Crippen LogP contribution in [0.1, 0.15) is 30.9 Å². The molecule has 1 aromatic carbocycles. The van der Waals surface area contributed by atoms with Gasteiger partial charge in [-0.25, -0.2) is 8.78 Å². The summed E-state index contributed by atoms with van der Waals surface area (Å²) >= 11 is 0. The standard InChI is InChI=1S/C13H17F2NO2/c1-2-16(7-6-12(17)18)9-10-4-3-5-11(8-10)13(14)15/h3-5,8,13H,2,6-7,9H2,1H3,(H,17,18). The van der Waals surface area contributed by atoms with Crippen molar-refractivity contribution < 1.29 is 18.7 Å². The van der Waals surface area contributed by atoms with E-state index in [-0.39, 0.29) is 12.0 Å². The van der Waals surface area contributed by atoms with Gasteiger partial charge in [-0.2, -0.15) is 0 Å². The minimum atomic E-state index is -2.47. The number of rotatable bonds is 7. The largest absolute Gasteiger partial charge is 0.481 e. The Labute approximate surface area is 105 Å². The van der Waals surface area contributed by atoms with Gasteiger partial charge in [0.05, 0.1) is 6.42 Å². The van der Waals surface area contributed by atoms with Crippen LogP contribution in [0.3, 0.4) is 0 Å². The van der Waals surface area contributed by atoms with Gasteiger partial charge in [-0.15, -0.1) is 0 Å². The summed E-state index contributed by atoms with van der Waals surface area (Å²) in [7, 11) is 0. The highest BCUT2D eigenvalue weighted by Crippen LogP contribution is 2.20. The maximum Gasteiger partial charge on any atom is 0.304 e. The topological polar surface area (TPSA) is 40.5 Å². The SMILES string of the molecule is CCN(CCC(=O)O)Cc1cccc(C(F)F)c1. The van der Waals surface area contributed by atoms with E-state index in [1.807, 2.05) is 11.8 Å². The van der Waals surface area contributed by atoms with Crippen LogP contribution in [0, 0.1) is 0 Å². The minimum Gasteiger partial charge on any atom is -0.481 e. The third-order valence-electron chi connectivity index (χ3n) is 2.70. The molecule has 100 valence electrons. The first kappa shape index (κ1) is 14.6. The summed E-state index contributed by atoms with van der Waals surface area (Å²) < 4.78 is 25.1. The number of nitrogens with zero attached hydrogens (tertiary/aromatic N) is 1. The van der Waals surface area contributed by atoms with E-state index in [0.717, 1.165) is 5.56 Å². The molecule has 1 N–H and O–H groups in total. The third kappa shape index (κ3) is 4.79. The first-order valence-electron chi connectivity index (χ1n) is 5.84. The van der Waals surface area contributed by atoms with E-state index in [1.54, 1.807) is 12.1 Å². The van der Waals surface area contributed by atoms with Crippen LogP contribution in [-0.4, -0.2) is 29.1 Å². The van der Waals surface area contributed by atoms with E-state index in [2.05, 4.69) is 0 Å². The normalized spacial score (nSPS) is 11.2. The van der Waals surface area contributed by atoms with Crippen molar-refractivity contribution in [2.75, 3.05) is 13.1 Å². The van der Waals surface area contributed by atoms with Gasteiger partial charge in [0.2, 0.25) is 0 Å². The van der Waals surface area contributed by atoms with Crippen molar-refractivity contribution in [3.63, 3.8) is 0 Å². The first-order chi connectivity index (χ1) is 8.52. The van der Waals surface area contributed by atoms with E-state index >= 15 is 0 Å². The molecular weight excluding hydrogens is 240 g/mol. The Bertz CT molecular complexity index is 396. The quantitative estimate of drug-likeness (QED) is 0.816. The van der Waals surface area contributed by atoms with Gasteiger partial charge in [-0.1, -0.05) is 25.1 Å². The Balaban J connectivity index is 2.63. The highest BCUT2D eigenvalue weighted by molar-refractivity contribution is 5.66. The van der Waals surface area contributed by atoms with Crippen LogP contribution in [0.15, 0.2) is 24.3 Å². The summed E-state index contributed by atoms with van der Waals surface area (Å²) in [4.78, 5) is 12.4. The van der Waals surface area contributed by atoms with Crippen LogP contribution in [0.5, 0.6) is 0 Å². The van der Waals surface area contributed by atoms with Crippen molar-refractivity contribution in [1.82, 2.24) is 4.90 Å². The van der Waals surface area contributed by atoms with Crippen molar-refractivity contribution in [3.8, 4) is 0 Å². The number of carboxylic acid groups (broad SMARTS) is 1. The molecule has 0 radical (unpaired) electrons. The average molecular weight is 257 g/mol. The molecule has 0 spiro atoms. The molecule has 0 heterocycles. The molecule has 5 heteroatoms. The summed E-state index contributed by atoms with van der Waals surface area (Å²) in [5.41, 5.74) is 0.779. The molecule has 0 aliphatic rings. The number of hydrogen-bond donors (Lipinski definition) is 1. The second-order valence-electron chi connectivity index (χ2n) is 4.06. The molecule has 0 fully saturated rings. The Morgan fingerprint density at radius 2 is 2.17 bits per heavy atom. The molecular formula is C13H17F2NO2. The Kier molecular flexibility index (Phi) is 5.71. The highest BCUT2D eigenvalue weighted by atomic mass is 19.3. The van der Waals surface area contributed by atoms with Gasteiger partial charge in [-0.3, -0.25) is 9.69 Å². The molecule has 0 bridgehead atoms. The summed E-state index contributed by atoms with van der Waals surface area (Å²) in [6.45, 7) is 3.51. The maximum atomic E-state index is 12.5. The molecule has 0 saturated heterocycles. The Morgan fingerprint density at radius 3 is 2.72 bits per heavy atom. The van der Waals surface area contributed by atoms with Crippen LogP contribution in [-0.2, 0) is 11.3 Å². The predicted octanol–water partition coefficient (Wildman–Crippen LogP) is 2.92. The van der Waals surface area contributed by atoms with Gasteiger partial charge in [0, 0.05) is 18.7 Å². The molecule has 0 aliphatic heterocycles. The fraction of sp³-hybridized carbons (Fsp3) is 0.462. The molecule has 0 unspecified atom stereocenters. The van der Waals surface area contributed by atoms with Crippen LogP contribution in [0.25, 0.3) is 0 Å². The fourth-order valence-corrected chi connectivity index (χ4v) is 1.69. The smallest absolute Gasteiger partial charge is 0.304 e. The zero-order valence-corrected chi connectivity index (χ0v) is 10.3. The number of aliphatic carboxylic acids is 1. The highest BCUT2D eigenvalue weighted by Gasteiger charge is 2.10. The Hall–Kier alpha value is -1.49. The molecule has 3 nitrogen and oxygen atoms in total. The first-order valence-corrected chi connectivity index (χ1v) is 5.84. The van der Waals surface area contributed by atoms with Gasteiger partial charge in [-0.05, 0) is 18.2 Å². The third-order valence-corrected chi connectivity index (χ3v) is 2.70. The molecule has 0 amide bonds. The monoisotopic (exact) mass is 257 g/mol. The van der Waals surface area contributed by atoms with Crippen molar-refractivity contribution in [2.45, 2.75) is 26.3 Å². The van der Waals surface area contributed by atoms with Gasteiger partial charge in [0.15, 0.2) is 0 Å². The van der Waals surface area contributed by atoms with E-state index in [1.165, 1.54) is 12.1 Å². The average Bonchev–Trinajstić information content (AvgIpc) is 2.34. The van der Waals surface area contributed by atoms with Crippen molar-refractivity contribution in [1.29, 1.82) is 0 Å². The molecule has 0 saturated carbocycles. The zero-order chi connectivity index (χ0) is 13.5. The lowest BCUT2D eigenvalue weighted by Crippen LogP contribution is -2.25. The summed E-state index contributed by atoms with van der Waals surface area (Å²) in [6, 6.07) is 6.23. The number of carbonyl (C=O) groups is 1. The second-order valence-corrected chi connectivity index (χ2v) is 4.06. The summed E-state index contributed by atoms with van der Waals surface area (Å²) in [6.07, 6.45) is -2.42. The van der Waals surface area contributed by atoms with Crippen LogP contribution < -0.4 is 0 Å². The van der Waals surface area contributed by atoms with Crippen LogP contribution in [0.2, 0.25) is 0 Å². The maximum absolute atomic E-state index is 12.5. The lowest BCUT2D eigenvalue weighted by atomic mass is 10.1. The zero-order valence-electron chi connectivity index (χ0n) is 10.3. The predicted molar refractivity (Wildman–Crippen MR) is 64.6 cm³/mol. The summed E-state index contributed by atoms with van der Waals surface area (Å²) in [5, 5.41) is 8.62. The number of carboxylic acids is 1.